The van der Waals surface area contributed by atoms with Crippen LogP contribution in [0.5, 0.6) is 0 Å². The Morgan fingerprint density at radius 2 is 1.71 bits per heavy atom. The molecule has 0 saturated heterocycles. The quantitative estimate of drug-likeness (QED) is 0.316. The van der Waals surface area contributed by atoms with Crippen molar-refractivity contribution in [1.82, 2.24) is 0 Å². The maximum absolute atomic E-state index is 13.1. The number of anilines is 2. The Labute approximate surface area is 198 Å². The zero-order valence-corrected chi connectivity index (χ0v) is 19.2. The van der Waals surface area contributed by atoms with Crippen molar-refractivity contribution in [1.29, 1.82) is 0 Å². The molecule has 0 aliphatic carbocycles. The van der Waals surface area contributed by atoms with E-state index in [2.05, 4.69) is 10.6 Å². The standard InChI is InChI=1S/C27H28N4O3/c1-27(2,29)19-9-11-20(12-10-19)30-24(17-6-4-3-5-7-17)23-21-13-8-18(26(33)34-15-14-28)16-22(21)31-25(23)32/h3-13,16,30H,14-15,28-29H2,1-2H3,(H,31,32)/b24-23-. The zero-order valence-electron chi connectivity index (χ0n) is 19.2. The molecule has 1 aliphatic heterocycles. The van der Waals surface area contributed by atoms with E-state index in [1.807, 2.05) is 68.4 Å². The minimum Gasteiger partial charge on any atom is -0.461 e. The monoisotopic (exact) mass is 456 g/mol. The molecular formula is C27H28N4O3. The van der Waals surface area contributed by atoms with E-state index in [9.17, 15) is 9.59 Å². The first-order valence-electron chi connectivity index (χ1n) is 11.1. The Morgan fingerprint density at radius 1 is 1.00 bits per heavy atom. The molecule has 3 aromatic rings. The van der Waals surface area contributed by atoms with Crippen LogP contribution in [0.15, 0.2) is 72.8 Å². The second kappa shape index (κ2) is 9.51. The summed E-state index contributed by atoms with van der Waals surface area (Å²) in [6, 6.07) is 22.5. The van der Waals surface area contributed by atoms with Crippen molar-refractivity contribution in [2.45, 2.75) is 19.4 Å². The molecule has 0 aromatic heterocycles. The lowest BCUT2D eigenvalue weighted by Gasteiger charge is -2.20. The van der Waals surface area contributed by atoms with Gasteiger partial charge in [0.2, 0.25) is 0 Å². The van der Waals surface area contributed by atoms with Crippen LogP contribution in [0.1, 0.15) is 40.9 Å². The molecule has 0 fully saturated rings. The van der Waals surface area contributed by atoms with Crippen LogP contribution in [-0.2, 0) is 15.1 Å². The third-order valence-corrected chi connectivity index (χ3v) is 5.56. The molecule has 1 aliphatic rings. The van der Waals surface area contributed by atoms with Crippen LogP contribution in [0, 0.1) is 0 Å². The van der Waals surface area contributed by atoms with Gasteiger partial charge in [0.05, 0.1) is 22.5 Å². The van der Waals surface area contributed by atoms with Gasteiger partial charge in [-0.15, -0.1) is 0 Å². The molecule has 3 aromatic carbocycles. The fourth-order valence-electron chi connectivity index (χ4n) is 3.79. The number of rotatable bonds is 7. The minimum absolute atomic E-state index is 0.135. The summed E-state index contributed by atoms with van der Waals surface area (Å²) < 4.78 is 5.11. The van der Waals surface area contributed by atoms with Gasteiger partial charge < -0.3 is 26.8 Å². The highest BCUT2D eigenvalue weighted by molar-refractivity contribution is 6.37. The average Bonchev–Trinajstić information content (AvgIpc) is 3.16. The van der Waals surface area contributed by atoms with Crippen LogP contribution in [0.2, 0.25) is 0 Å². The second-order valence-corrected chi connectivity index (χ2v) is 8.68. The lowest BCUT2D eigenvalue weighted by Crippen LogP contribution is -2.28. The molecule has 0 atom stereocenters. The lowest BCUT2D eigenvalue weighted by molar-refractivity contribution is -0.110. The number of carbonyl (C=O) groups is 2. The molecule has 0 unspecified atom stereocenters. The number of benzene rings is 3. The molecule has 4 rings (SSSR count). The average molecular weight is 457 g/mol. The number of fused-ring (bicyclic) bond motifs is 1. The molecule has 0 saturated carbocycles. The number of hydrogen-bond donors (Lipinski definition) is 4. The molecule has 0 bridgehead atoms. The predicted molar refractivity (Wildman–Crippen MR) is 135 cm³/mol. The van der Waals surface area contributed by atoms with E-state index in [1.54, 1.807) is 18.2 Å². The number of carbonyl (C=O) groups excluding carboxylic acids is 2. The summed E-state index contributed by atoms with van der Waals surface area (Å²) in [4.78, 5) is 25.4. The Hall–Kier alpha value is -3.94. The predicted octanol–water partition coefficient (Wildman–Crippen LogP) is 3.93. The molecule has 7 heteroatoms. The van der Waals surface area contributed by atoms with Gasteiger partial charge in [-0.25, -0.2) is 4.79 Å². The van der Waals surface area contributed by atoms with Gasteiger partial charge in [0.15, 0.2) is 0 Å². The van der Waals surface area contributed by atoms with Gasteiger partial charge in [0.1, 0.15) is 6.61 Å². The molecule has 0 spiro atoms. The summed E-state index contributed by atoms with van der Waals surface area (Å²) >= 11 is 0. The van der Waals surface area contributed by atoms with Gasteiger partial charge in [-0.3, -0.25) is 4.79 Å². The Morgan fingerprint density at radius 3 is 2.35 bits per heavy atom. The molecular weight excluding hydrogens is 428 g/mol. The summed E-state index contributed by atoms with van der Waals surface area (Å²) in [6.07, 6.45) is 0. The van der Waals surface area contributed by atoms with Crippen molar-refractivity contribution in [3.63, 3.8) is 0 Å². The fourth-order valence-corrected chi connectivity index (χ4v) is 3.79. The maximum Gasteiger partial charge on any atom is 0.338 e. The summed E-state index contributed by atoms with van der Waals surface area (Å²) in [7, 11) is 0. The van der Waals surface area contributed by atoms with Crippen molar-refractivity contribution in [3.8, 4) is 0 Å². The van der Waals surface area contributed by atoms with E-state index < -0.39 is 11.5 Å². The van der Waals surface area contributed by atoms with Crippen LogP contribution in [-0.4, -0.2) is 25.0 Å². The van der Waals surface area contributed by atoms with Gasteiger partial charge in [-0.2, -0.15) is 0 Å². The summed E-state index contributed by atoms with van der Waals surface area (Å²) in [5.74, 6) is -0.738. The molecule has 7 nitrogen and oxygen atoms in total. The zero-order chi connectivity index (χ0) is 24.3. The molecule has 0 radical (unpaired) electrons. The van der Waals surface area contributed by atoms with Crippen molar-refractivity contribution in [2.75, 3.05) is 23.8 Å². The number of ether oxygens (including phenoxy) is 1. The number of amides is 1. The molecule has 6 N–H and O–H groups in total. The molecule has 34 heavy (non-hydrogen) atoms. The third kappa shape index (κ3) is 4.85. The highest BCUT2D eigenvalue weighted by atomic mass is 16.5. The lowest BCUT2D eigenvalue weighted by atomic mass is 9.95. The third-order valence-electron chi connectivity index (χ3n) is 5.56. The van der Waals surface area contributed by atoms with Crippen LogP contribution in [0.3, 0.4) is 0 Å². The maximum atomic E-state index is 13.1. The molecule has 1 amide bonds. The Balaban J connectivity index is 1.76. The number of hydrogen-bond acceptors (Lipinski definition) is 6. The van der Waals surface area contributed by atoms with Crippen molar-refractivity contribution in [2.24, 2.45) is 11.5 Å². The summed E-state index contributed by atoms with van der Waals surface area (Å²) in [5, 5.41) is 6.30. The van der Waals surface area contributed by atoms with Crippen molar-refractivity contribution >= 4 is 34.5 Å². The van der Waals surface area contributed by atoms with E-state index >= 15 is 0 Å². The van der Waals surface area contributed by atoms with Crippen LogP contribution in [0.25, 0.3) is 11.3 Å². The van der Waals surface area contributed by atoms with E-state index in [1.165, 1.54) is 0 Å². The normalized spacial score (nSPS) is 14.3. The van der Waals surface area contributed by atoms with E-state index in [-0.39, 0.29) is 19.1 Å². The van der Waals surface area contributed by atoms with Crippen molar-refractivity contribution in [3.05, 3.63) is 95.1 Å². The number of esters is 1. The van der Waals surface area contributed by atoms with Crippen LogP contribution >= 0.6 is 0 Å². The van der Waals surface area contributed by atoms with Gasteiger partial charge >= 0.3 is 5.97 Å². The SMILES string of the molecule is CC(C)(N)c1ccc(N/C(=C2\C(=O)Nc3cc(C(=O)OCCN)ccc32)c2ccccc2)cc1. The number of nitrogens with one attached hydrogen (secondary N) is 2. The second-order valence-electron chi connectivity index (χ2n) is 8.68. The highest BCUT2D eigenvalue weighted by Crippen LogP contribution is 2.38. The van der Waals surface area contributed by atoms with E-state index in [0.717, 1.165) is 16.8 Å². The fraction of sp³-hybridized carbons (Fsp3) is 0.185. The van der Waals surface area contributed by atoms with Gasteiger partial charge in [-0.05, 0) is 49.2 Å². The number of nitrogens with two attached hydrogens (primary N) is 2. The van der Waals surface area contributed by atoms with Crippen LogP contribution in [0.4, 0.5) is 11.4 Å². The van der Waals surface area contributed by atoms with E-state index in [4.69, 9.17) is 16.2 Å². The van der Waals surface area contributed by atoms with Crippen molar-refractivity contribution < 1.29 is 14.3 Å². The smallest absolute Gasteiger partial charge is 0.338 e. The topological polar surface area (TPSA) is 119 Å². The first-order chi connectivity index (χ1) is 16.3. The minimum atomic E-state index is -0.482. The Kier molecular flexibility index (Phi) is 6.49. The molecule has 1 heterocycles. The van der Waals surface area contributed by atoms with Gasteiger partial charge in [0, 0.05) is 23.3 Å². The first-order valence-corrected chi connectivity index (χ1v) is 11.1. The molecule has 174 valence electrons. The first kappa shape index (κ1) is 23.2. The van der Waals surface area contributed by atoms with Gasteiger partial charge in [-0.1, -0.05) is 48.5 Å². The Bertz CT molecular complexity index is 1240. The van der Waals surface area contributed by atoms with Gasteiger partial charge in [0.25, 0.3) is 5.91 Å². The summed E-state index contributed by atoms with van der Waals surface area (Å²) in [6.45, 7) is 4.28. The van der Waals surface area contributed by atoms with E-state index in [0.29, 0.717) is 28.1 Å². The van der Waals surface area contributed by atoms with Crippen LogP contribution < -0.4 is 22.1 Å². The highest BCUT2D eigenvalue weighted by Gasteiger charge is 2.29. The summed E-state index contributed by atoms with van der Waals surface area (Å²) in [5.41, 5.74) is 16.6. The largest absolute Gasteiger partial charge is 0.461 e.